The predicted octanol–water partition coefficient (Wildman–Crippen LogP) is 4.81. The Morgan fingerprint density at radius 1 is 1.06 bits per heavy atom. The van der Waals surface area contributed by atoms with Gasteiger partial charge in [0, 0.05) is 11.0 Å². The average molecular weight is 246 g/mol. The van der Waals surface area contributed by atoms with Crippen LogP contribution in [0.2, 0.25) is 0 Å². The summed E-state index contributed by atoms with van der Waals surface area (Å²) in [6.07, 6.45) is 0.941. The second kappa shape index (κ2) is 4.87. The average Bonchev–Trinajstić information content (AvgIpc) is 2.17. The molecule has 0 atom stereocenters. The molecule has 1 aromatic carbocycles. The molecule has 0 N–H and O–H groups in total. The van der Waals surface area contributed by atoms with Gasteiger partial charge in [0.15, 0.2) is 5.78 Å². The van der Waals surface area contributed by atoms with Gasteiger partial charge in [0.05, 0.1) is 0 Å². The van der Waals surface area contributed by atoms with Crippen LogP contribution in [0.15, 0.2) is 18.2 Å². The lowest BCUT2D eigenvalue weighted by atomic mass is 9.79. The lowest BCUT2D eigenvalue weighted by molar-refractivity contribution is 0.0856. The zero-order valence-electron chi connectivity index (χ0n) is 12.8. The molecule has 18 heavy (non-hydrogen) atoms. The number of rotatable bonds is 2. The Hall–Kier alpha value is -1.11. The van der Waals surface area contributed by atoms with Gasteiger partial charge in [0.2, 0.25) is 0 Å². The summed E-state index contributed by atoms with van der Waals surface area (Å²) in [5, 5.41) is 0. The molecule has 0 amide bonds. The van der Waals surface area contributed by atoms with Gasteiger partial charge in [0.25, 0.3) is 0 Å². The first kappa shape index (κ1) is 14.9. The summed E-state index contributed by atoms with van der Waals surface area (Å²) in [5.41, 5.74) is 3.21. The van der Waals surface area contributed by atoms with E-state index in [0.717, 1.165) is 12.0 Å². The van der Waals surface area contributed by atoms with E-state index in [4.69, 9.17) is 0 Å². The van der Waals surface area contributed by atoms with Crippen molar-refractivity contribution in [3.8, 4) is 0 Å². The smallest absolute Gasteiger partial charge is 0.168 e. The van der Waals surface area contributed by atoms with Crippen LogP contribution in [0.1, 0.15) is 63.0 Å². The molecule has 1 heteroatoms. The number of hydrogen-bond donors (Lipinski definition) is 0. The standard InChI is InChI=1S/C17H26O/c1-12-9-8-10-13(15(18)17(5,6)7)14(12)11-16(2,3)4/h8-10H,11H2,1-7H3. The predicted molar refractivity (Wildman–Crippen MR) is 78.1 cm³/mol. The molecule has 1 rings (SSSR count). The summed E-state index contributed by atoms with van der Waals surface area (Å²) < 4.78 is 0. The van der Waals surface area contributed by atoms with E-state index in [9.17, 15) is 4.79 Å². The van der Waals surface area contributed by atoms with Crippen molar-refractivity contribution in [1.29, 1.82) is 0 Å². The first-order chi connectivity index (χ1) is 8.02. The normalized spacial score (nSPS) is 12.6. The highest BCUT2D eigenvalue weighted by Crippen LogP contribution is 2.29. The number of Topliss-reactive ketones (excluding diaryl/α,β-unsaturated/α-hetero) is 1. The van der Waals surface area contributed by atoms with Gasteiger partial charge < -0.3 is 0 Å². The van der Waals surface area contributed by atoms with Crippen LogP contribution in [-0.2, 0) is 6.42 Å². The lowest BCUT2D eigenvalue weighted by Crippen LogP contribution is -2.23. The molecule has 1 nitrogen and oxygen atoms in total. The Labute approximate surface area is 112 Å². The van der Waals surface area contributed by atoms with Crippen molar-refractivity contribution in [2.24, 2.45) is 10.8 Å². The highest BCUT2D eigenvalue weighted by atomic mass is 16.1. The van der Waals surface area contributed by atoms with Crippen molar-refractivity contribution >= 4 is 5.78 Å². The van der Waals surface area contributed by atoms with Gasteiger partial charge in [-0.3, -0.25) is 4.79 Å². The fourth-order valence-corrected chi connectivity index (χ4v) is 2.08. The monoisotopic (exact) mass is 246 g/mol. The lowest BCUT2D eigenvalue weighted by Gasteiger charge is -2.24. The highest BCUT2D eigenvalue weighted by molar-refractivity contribution is 6.01. The molecular formula is C17H26O. The minimum atomic E-state index is -0.319. The first-order valence-electron chi connectivity index (χ1n) is 6.66. The van der Waals surface area contributed by atoms with Gasteiger partial charge >= 0.3 is 0 Å². The van der Waals surface area contributed by atoms with E-state index in [1.54, 1.807) is 0 Å². The van der Waals surface area contributed by atoms with Crippen molar-refractivity contribution in [2.75, 3.05) is 0 Å². The van der Waals surface area contributed by atoms with Gasteiger partial charge in [-0.05, 0) is 29.9 Å². The molecule has 1 aromatic rings. The number of aryl methyl sites for hydroxylation is 1. The summed E-state index contributed by atoms with van der Waals surface area (Å²) >= 11 is 0. The summed E-state index contributed by atoms with van der Waals surface area (Å²) in [5.74, 6) is 0.241. The Morgan fingerprint density at radius 3 is 2.06 bits per heavy atom. The molecule has 0 radical (unpaired) electrons. The minimum Gasteiger partial charge on any atom is -0.294 e. The third kappa shape index (κ3) is 3.69. The first-order valence-corrected chi connectivity index (χ1v) is 6.66. The van der Waals surface area contributed by atoms with Gasteiger partial charge in [-0.25, -0.2) is 0 Å². The zero-order valence-corrected chi connectivity index (χ0v) is 12.8. The molecular weight excluding hydrogens is 220 g/mol. The number of ketones is 1. The van der Waals surface area contributed by atoms with Gasteiger partial charge in [-0.15, -0.1) is 0 Å². The Kier molecular flexibility index (Phi) is 4.05. The molecule has 0 unspecified atom stereocenters. The molecule has 100 valence electrons. The second-order valence-corrected chi connectivity index (χ2v) is 7.42. The Bertz CT molecular complexity index is 442. The Morgan fingerprint density at radius 2 is 1.61 bits per heavy atom. The van der Waals surface area contributed by atoms with E-state index in [2.05, 4.69) is 33.8 Å². The van der Waals surface area contributed by atoms with E-state index in [1.165, 1.54) is 11.1 Å². The van der Waals surface area contributed by atoms with Gasteiger partial charge in [-0.2, -0.15) is 0 Å². The maximum absolute atomic E-state index is 12.5. The molecule has 0 aromatic heterocycles. The fraction of sp³-hybridized carbons (Fsp3) is 0.588. The minimum absolute atomic E-state index is 0.193. The molecule has 0 aliphatic rings. The number of carbonyl (C=O) groups is 1. The number of carbonyl (C=O) groups excluding carboxylic acids is 1. The molecule has 0 aliphatic heterocycles. The SMILES string of the molecule is Cc1cccc(C(=O)C(C)(C)C)c1CC(C)(C)C. The zero-order chi connectivity index (χ0) is 14.1. The summed E-state index contributed by atoms with van der Waals surface area (Å²) in [6, 6.07) is 6.06. The van der Waals surface area contributed by atoms with Crippen LogP contribution >= 0.6 is 0 Å². The van der Waals surface area contributed by atoms with Crippen LogP contribution < -0.4 is 0 Å². The molecule has 0 saturated carbocycles. The summed E-state index contributed by atoms with van der Waals surface area (Å²) in [4.78, 5) is 12.5. The van der Waals surface area contributed by atoms with Crippen LogP contribution in [0.5, 0.6) is 0 Å². The maximum atomic E-state index is 12.5. The van der Waals surface area contributed by atoms with E-state index in [-0.39, 0.29) is 16.6 Å². The summed E-state index contributed by atoms with van der Waals surface area (Å²) in [7, 11) is 0. The van der Waals surface area contributed by atoms with Gasteiger partial charge in [-0.1, -0.05) is 59.7 Å². The van der Waals surface area contributed by atoms with Crippen molar-refractivity contribution in [2.45, 2.75) is 54.9 Å². The third-order valence-corrected chi connectivity index (χ3v) is 3.04. The van der Waals surface area contributed by atoms with Crippen molar-refractivity contribution in [3.63, 3.8) is 0 Å². The molecule has 0 spiro atoms. The Balaban J connectivity index is 3.29. The van der Waals surface area contributed by atoms with Crippen molar-refractivity contribution in [1.82, 2.24) is 0 Å². The molecule has 0 saturated heterocycles. The molecule has 0 aliphatic carbocycles. The topological polar surface area (TPSA) is 17.1 Å². The van der Waals surface area contributed by atoms with E-state index < -0.39 is 0 Å². The second-order valence-electron chi connectivity index (χ2n) is 7.42. The number of hydrogen-bond acceptors (Lipinski definition) is 1. The van der Waals surface area contributed by atoms with Crippen LogP contribution in [0, 0.1) is 17.8 Å². The van der Waals surface area contributed by atoms with E-state index >= 15 is 0 Å². The van der Waals surface area contributed by atoms with Crippen LogP contribution in [0.25, 0.3) is 0 Å². The number of benzene rings is 1. The van der Waals surface area contributed by atoms with E-state index in [0.29, 0.717) is 0 Å². The fourth-order valence-electron chi connectivity index (χ4n) is 2.08. The quantitative estimate of drug-likeness (QED) is 0.684. The largest absolute Gasteiger partial charge is 0.294 e. The highest BCUT2D eigenvalue weighted by Gasteiger charge is 2.26. The third-order valence-electron chi connectivity index (χ3n) is 3.04. The van der Waals surface area contributed by atoms with Crippen molar-refractivity contribution < 1.29 is 4.79 Å². The molecule has 0 bridgehead atoms. The van der Waals surface area contributed by atoms with Gasteiger partial charge in [0.1, 0.15) is 0 Å². The molecule has 0 heterocycles. The summed E-state index contributed by atoms with van der Waals surface area (Å²) in [6.45, 7) is 14.7. The van der Waals surface area contributed by atoms with E-state index in [1.807, 2.05) is 32.9 Å². The molecule has 0 fully saturated rings. The van der Waals surface area contributed by atoms with Crippen LogP contribution in [-0.4, -0.2) is 5.78 Å². The van der Waals surface area contributed by atoms with Crippen molar-refractivity contribution in [3.05, 3.63) is 34.9 Å². The van der Waals surface area contributed by atoms with Crippen LogP contribution in [0.4, 0.5) is 0 Å². The maximum Gasteiger partial charge on any atom is 0.168 e. The van der Waals surface area contributed by atoms with Crippen LogP contribution in [0.3, 0.4) is 0 Å².